The lowest BCUT2D eigenvalue weighted by Gasteiger charge is -2.14. The lowest BCUT2D eigenvalue weighted by molar-refractivity contribution is 0.311. The molecule has 0 aliphatic rings. The molecule has 0 amide bonds. The molecule has 3 rings (SSSR count). The number of aromatic nitrogens is 1. The van der Waals surface area contributed by atoms with E-state index in [1.807, 2.05) is 55.7 Å². The lowest BCUT2D eigenvalue weighted by Crippen LogP contribution is -1.99. The molecular formula is C21H22N2O2. The summed E-state index contributed by atoms with van der Waals surface area (Å²) in [4.78, 5) is 0. The highest BCUT2D eigenvalue weighted by atomic mass is 16.5. The highest BCUT2D eigenvalue weighted by Crippen LogP contribution is 2.33. The second-order valence-electron chi connectivity index (χ2n) is 5.52. The lowest BCUT2D eigenvalue weighted by atomic mass is 9.98. The summed E-state index contributed by atoms with van der Waals surface area (Å²) in [6.45, 7) is 2.52. The Morgan fingerprint density at radius 1 is 1.00 bits per heavy atom. The van der Waals surface area contributed by atoms with Gasteiger partial charge in [0.05, 0.1) is 13.7 Å². The van der Waals surface area contributed by atoms with Gasteiger partial charge in [-0.25, -0.2) is 0 Å². The van der Waals surface area contributed by atoms with Gasteiger partial charge in [-0.1, -0.05) is 18.2 Å². The fourth-order valence-corrected chi connectivity index (χ4v) is 2.81. The molecule has 0 unspecified atom stereocenters. The molecule has 0 aliphatic heterocycles. The van der Waals surface area contributed by atoms with Gasteiger partial charge in [-0.2, -0.15) is 0 Å². The van der Waals surface area contributed by atoms with Gasteiger partial charge in [-0.3, -0.25) is 0 Å². The molecule has 25 heavy (non-hydrogen) atoms. The van der Waals surface area contributed by atoms with Crippen molar-refractivity contribution in [2.75, 3.05) is 13.7 Å². The third-order valence-corrected chi connectivity index (χ3v) is 4.00. The second-order valence-corrected chi connectivity index (χ2v) is 5.52. The smallest absolute Gasteiger partial charge is 0.161 e. The van der Waals surface area contributed by atoms with Crippen molar-refractivity contribution in [3.63, 3.8) is 0 Å². The molecule has 0 aliphatic carbocycles. The van der Waals surface area contributed by atoms with Crippen molar-refractivity contribution in [3.8, 4) is 17.2 Å². The minimum absolute atomic E-state index is 0.574. The van der Waals surface area contributed by atoms with Crippen LogP contribution in [-0.2, 0) is 0 Å². The average Bonchev–Trinajstić information content (AvgIpc) is 3.18. The first-order valence-corrected chi connectivity index (χ1v) is 8.23. The first-order valence-electron chi connectivity index (χ1n) is 8.23. The zero-order valence-corrected chi connectivity index (χ0v) is 14.5. The van der Waals surface area contributed by atoms with E-state index in [0.717, 1.165) is 22.4 Å². The first-order chi connectivity index (χ1) is 12.3. The maximum atomic E-state index is 5.96. The van der Waals surface area contributed by atoms with Crippen molar-refractivity contribution in [1.29, 1.82) is 0 Å². The SMILES string of the molecule is CCOc1cc(C(=CN)c2cccc(-n3cccc3)c2)ccc1OC. The Kier molecular flexibility index (Phi) is 5.09. The van der Waals surface area contributed by atoms with E-state index < -0.39 is 0 Å². The molecule has 2 N–H and O–H groups in total. The van der Waals surface area contributed by atoms with E-state index >= 15 is 0 Å². The molecule has 2 aromatic carbocycles. The van der Waals surface area contributed by atoms with Crippen LogP contribution in [0.25, 0.3) is 11.3 Å². The van der Waals surface area contributed by atoms with Crippen molar-refractivity contribution in [2.24, 2.45) is 5.73 Å². The summed E-state index contributed by atoms with van der Waals surface area (Å²) >= 11 is 0. The van der Waals surface area contributed by atoms with Crippen LogP contribution in [0.3, 0.4) is 0 Å². The number of hydrogen-bond acceptors (Lipinski definition) is 3. The molecule has 0 saturated heterocycles. The van der Waals surface area contributed by atoms with Crippen LogP contribution in [-0.4, -0.2) is 18.3 Å². The van der Waals surface area contributed by atoms with Crippen LogP contribution < -0.4 is 15.2 Å². The summed E-state index contributed by atoms with van der Waals surface area (Å²) in [5, 5.41) is 0. The molecule has 4 heteroatoms. The number of rotatable bonds is 6. The molecule has 3 aromatic rings. The molecule has 0 atom stereocenters. The fraction of sp³-hybridized carbons (Fsp3) is 0.143. The molecule has 1 aromatic heterocycles. The van der Waals surface area contributed by atoms with Crippen molar-refractivity contribution in [2.45, 2.75) is 6.92 Å². The Morgan fingerprint density at radius 2 is 1.76 bits per heavy atom. The Labute approximate surface area is 148 Å². The summed E-state index contributed by atoms with van der Waals surface area (Å²) in [5.74, 6) is 1.42. The summed E-state index contributed by atoms with van der Waals surface area (Å²) in [6.07, 6.45) is 5.67. The Morgan fingerprint density at radius 3 is 2.44 bits per heavy atom. The molecule has 1 heterocycles. The van der Waals surface area contributed by atoms with Gasteiger partial charge in [0.15, 0.2) is 11.5 Å². The van der Waals surface area contributed by atoms with Crippen LogP contribution in [0.5, 0.6) is 11.5 Å². The van der Waals surface area contributed by atoms with E-state index in [1.165, 1.54) is 0 Å². The summed E-state index contributed by atoms with van der Waals surface area (Å²) in [5.41, 5.74) is 10.0. The van der Waals surface area contributed by atoms with E-state index in [9.17, 15) is 0 Å². The van der Waals surface area contributed by atoms with Gasteiger partial charge in [0.1, 0.15) is 0 Å². The monoisotopic (exact) mass is 334 g/mol. The standard InChI is InChI=1S/C21H22N2O2/c1-3-25-21-14-17(9-10-20(21)24-2)19(15-22)16-7-6-8-18(13-16)23-11-4-5-12-23/h4-15H,3,22H2,1-2H3. The average molecular weight is 334 g/mol. The molecular weight excluding hydrogens is 312 g/mol. The van der Waals surface area contributed by atoms with Gasteiger partial charge in [0.25, 0.3) is 0 Å². The summed E-state index contributed by atoms with van der Waals surface area (Å²) in [7, 11) is 1.64. The van der Waals surface area contributed by atoms with Crippen LogP contribution in [0, 0.1) is 0 Å². The summed E-state index contributed by atoms with van der Waals surface area (Å²) in [6, 6.07) is 18.1. The van der Waals surface area contributed by atoms with E-state index in [1.54, 1.807) is 13.3 Å². The van der Waals surface area contributed by atoms with E-state index in [4.69, 9.17) is 15.2 Å². The van der Waals surface area contributed by atoms with Gasteiger partial charge in [0.2, 0.25) is 0 Å². The Bertz CT molecular complexity index is 867. The van der Waals surface area contributed by atoms with Gasteiger partial charge in [0, 0.05) is 29.9 Å². The Hall–Kier alpha value is -3.14. The zero-order valence-electron chi connectivity index (χ0n) is 14.5. The molecule has 0 spiro atoms. The molecule has 4 nitrogen and oxygen atoms in total. The van der Waals surface area contributed by atoms with Crippen molar-refractivity contribution >= 4 is 5.57 Å². The van der Waals surface area contributed by atoms with Crippen LogP contribution in [0.4, 0.5) is 0 Å². The molecule has 128 valence electrons. The van der Waals surface area contributed by atoms with Gasteiger partial charge in [-0.15, -0.1) is 0 Å². The van der Waals surface area contributed by atoms with Crippen molar-refractivity contribution in [1.82, 2.24) is 4.57 Å². The van der Waals surface area contributed by atoms with E-state index in [0.29, 0.717) is 18.1 Å². The van der Waals surface area contributed by atoms with Gasteiger partial charge in [-0.05, 0) is 54.4 Å². The predicted octanol–water partition coefficient (Wildman–Crippen LogP) is 4.23. The van der Waals surface area contributed by atoms with Crippen molar-refractivity contribution in [3.05, 3.63) is 84.3 Å². The molecule has 0 fully saturated rings. The van der Waals surface area contributed by atoms with Crippen molar-refractivity contribution < 1.29 is 9.47 Å². The normalized spacial score (nSPS) is 11.4. The largest absolute Gasteiger partial charge is 0.493 e. The highest BCUT2D eigenvalue weighted by molar-refractivity contribution is 5.81. The van der Waals surface area contributed by atoms with Crippen LogP contribution in [0.1, 0.15) is 18.1 Å². The minimum atomic E-state index is 0.574. The van der Waals surface area contributed by atoms with Gasteiger partial charge < -0.3 is 19.8 Å². The molecule has 0 bridgehead atoms. The zero-order chi connectivity index (χ0) is 17.6. The topological polar surface area (TPSA) is 49.4 Å². The number of ether oxygens (including phenoxy) is 2. The number of nitrogens with two attached hydrogens (primary N) is 1. The first kappa shape index (κ1) is 16.7. The number of methoxy groups -OCH3 is 1. The van der Waals surface area contributed by atoms with E-state index in [2.05, 4.69) is 22.8 Å². The molecule has 0 saturated carbocycles. The third kappa shape index (κ3) is 3.53. The quantitative estimate of drug-likeness (QED) is 0.734. The van der Waals surface area contributed by atoms with Crippen LogP contribution >= 0.6 is 0 Å². The maximum absolute atomic E-state index is 5.96. The van der Waals surface area contributed by atoms with Crippen LogP contribution in [0.2, 0.25) is 0 Å². The predicted molar refractivity (Wildman–Crippen MR) is 101 cm³/mol. The third-order valence-electron chi connectivity index (χ3n) is 4.00. The summed E-state index contributed by atoms with van der Waals surface area (Å²) < 4.78 is 13.1. The number of nitrogens with zero attached hydrogens (tertiary/aromatic N) is 1. The minimum Gasteiger partial charge on any atom is -0.493 e. The number of benzene rings is 2. The number of hydrogen-bond donors (Lipinski definition) is 1. The Balaban J connectivity index is 2.01. The second kappa shape index (κ2) is 7.62. The molecule has 0 radical (unpaired) electrons. The van der Waals surface area contributed by atoms with E-state index in [-0.39, 0.29) is 0 Å². The van der Waals surface area contributed by atoms with Gasteiger partial charge >= 0.3 is 0 Å². The highest BCUT2D eigenvalue weighted by Gasteiger charge is 2.11. The van der Waals surface area contributed by atoms with Crippen LogP contribution in [0.15, 0.2) is 73.2 Å². The maximum Gasteiger partial charge on any atom is 0.161 e. The fourth-order valence-electron chi connectivity index (χ4n) is 2.81.